The highest BCUT2D eigenvalue weighted by molar-refractivity contribution is 5.81. The zero-order valence-electron chi connectivity index (χ0n) is 9.68. The molecular formula is C11H22N2O. The van der Waals surface area contributed by atoms with Crippen LogP contribution in [0, 0.1) is 11.3 Å². The van der Waals surface area contributed by atoms with E-state index in [1.165, 1.54) is 0 Å². The summed E-state index contributed by atoms with van der Waals surface area (Å²) in [5.41, 5.74) is -0.273. The van der Waals surface area contributed by atoms with E-state index in [4.69, 9.17) is 0 Å². The van der Waals surface area contributed by atoms with Gasteiger partial charge in [0, 0.05) is 11.5 Å². The van der Waals surface area contributed by atoms with Crippen LogP contribution in [0.5, 0.6) is 0 Å². The predicted octanol–water partition coefficient (Wildman–Crippen LogP) is 1.15. The van der Waals surface area contributed by atoms with Gasteiger partial charge in [-0.3, -0.25) is 4.79 Å². The minimum absolute atomic E-state index is 0.163. The predicted molar refractivity (Wildman–Crippen MR) is 58.0 cm³/mol. The molecule has 0 aromatic carbocycles. The molecule has 0 aliphatic carbocycles. The molecule has 2 N–H and O–H groups in total. The van der Waals surface area contributed by atoms with Crippen LogP contribution >= 0.6 is 0 Å². The molecule has 3 nitrogen and oxygen atoms in total. The molecule has 1 saturated heterocycles. The molecule has 3 heteroatoms. The minimum atomic E-state index is -0.273. The fourth-order valence-corrected chi connectivity index (χ4v) is 1.61. The van der Waals surface area contributed by atoms with Crippen molar-refractivity contribution in [3.63, 3.8) is 0 Å². The third-order valence-electron chi connectivity index (χ3n) is 2.78. The minimum Gasteiger partial charge on any atom is -0.353 e. The van der Waals surface area contributed by atoms with E-state index in [0.29, 0.717) is 12.0 Å². The summed E-state index contributed by atoms with van der Waals surface area (Å²) in [5.74, 6) is 0.700. The maximum Gasteiger partial charge on any atom is 0.225 e. The van der Waals surface area contributed by atoms with Crippen molar-refractivity contribution >= 4 is 5.91 Å². The van der Waals surface area contributed by atoms with Crippen LogP contribution < -0.4 is 10.6 Å². The van der Waals surface area contributed by atoms with Crippen LogP contribution in [-0.4, -0.2) is 25.0 Å². The molecule has 0 aromatic rings. The van der Waals surface area contributed by atoms with E-state index in [2.05, 4.69) is 17.6 Å². The zero-order chi connectivity index (χ0) is 10.8. The van der Waals surface area contributed by atoms with E-state index in [1.807, 2.05) is 20.8 Å². The monoisotopic (exact) mass is 198 g/mol. The maximum absolute atomic E-state index is 11.7. The third kappa shape index (κ3) is 2.98. The van der Waals surface area contributed by atoms with Crippen molar-refractivity contribution in [2.75, 3.05) is 13.1 Å². The van der Waals surface area contributed by atoms with Crippen molar-refractivity contribution in [3.8, 4) is 0 Å². The molecule has 0 aromatic heterocycles. The standard InChI is InChI=1S/C11H22N2O/c1-8-7-12-6-5-9(8)13-10(14)11(2,3)4/h8-9,12H,5-7H2,1-4H3,(H,13,14). The number of amides is 1. The van der Waals surface area contributed by atoms with Crippen LogP contribution in [0.4, 0.5) is 0 Å². The average Bonchev–Trinajstić information content (AvgIpc) is 2.07. The Balaban J connectivity index is 2.46. The molecule has 1 rings (SSSR count). The van der Waals surface area contributed by atoms with Crippen LogP contribution in [0.1, 0.15) is 34.1 Å². The van der Waals surface area contributed by atoms with E-state index >= 15 is 0 Å². The van der Waals surface area contributed by atoms with Crippen molar-refractivity contribution in [3.05, 3.63) is 0 Å². The van der Waals surface area contributed by atoms with Crippen molar-refractivity contribution in [1.82, 2.24) is 10.6 Å². The Morgan fingerprint density at radius 1 is 1.43 bits per heavy atom. The summed E-state index contributed by atoms with van der Waals surface area (Å²) in [4.78, 5) is 11.7. The Bertz CT molecular complexity index is 208. The summed E-state index contributed by atoms with van der Waals surface area (Å²) >= 11 is 0. The first-order chi connectivity index (χ1) is 6.41. The fraction of sp³-hybridized carbons (Fsp3) is 0.909. The molecule has 1 fully saturated rings. The summed E-state index contributed by atoms with van der Waals surface area (Å²) in [6.07, 6.45) is 1.04. The maximum atomic E-state index is 11.7. The van der Waals surface area contributed by atoms with Gasteiger partial charge in [0.15, 0.2) is 0 Å². The molecule has 1 heterocycles. The molecule has 0 saturated carbocycles. The van der Waals surface area contributed by atoms with E-state index in [0.717, 1.165) is 19.5 Å². The lowest BCUT2D eigenvalue weighted by molar-refractivity contribution is -0.129. The summed E-state index contributed by atoms with van der Waals surface area (Å²) < 4.78 is 0. The number of hydrogen-bond acceptors (Lipinski definition) is 2. The second-order valence-electron chi connectivity index (χ2n) is 5.30. The lowest BCUT2D eigenvalue weighted by atomic mass is 9.91. The number of rotatable bonds is 1. The van der Waals surface area contributed by atoms with Gasteiger partial charge in [-0.25, -0.2) is 0 Å². The van der Waals surface area contributed by atoms with Crippen molar-refractivity contribution in [2.24, 2.45) is 11.3 Å². The molecule has 1 aliphatic heterocycles. The summed E-state index contributed by atoms with van der Waals surface area (Å²) in [6.45, 7) is 10.1. The van der Waals surface area contributed by atoms with E-state index < -0.39 is 0 Å². The molecule has 2 unspecified atom stereocenters. The van der Waals surface area contributed by atoms with Crippen molar-refractivity contribution < 1.29 is 4.79 Å². The number of carbonyl (C=O) groups excluding carboxylic acids is 1. The largest absolute Gasteiger partial charge is 0.353 e. The van der Waals surface area contributed by atoms with Crippen molar-refractivity contribution in [2.45, 2.75) is 40.2 Å². The smallest absolute Gasteiger partial charge is 0.225 e. The topological polar surface area (TPSA) is 41.1 Å². The second kappa shape index (κ2) is 4.30. The quantitative estimate of drug-likeness (QED) is 0.663. The first-order valence-electron chi connectivity index (χ1n) is 5.43. The first-order valence-corrected chi connectivity index (χ1v) is 5.43. The highest BCUT2D eigenvalue weighted by Gasteiger charge is 2.27. The molecule has 82 valence electrons. The Kier molecular flexibility index (Phi) is 3.53. The van der Waals surface area contributed by atoms with E-state index in [9.17, 15) is 4.79 Å². The summed E-state index contributed by atoms with van der Waals surface area (Å²) in [6, 6.07) is 0.350. The first kappa shape index (κ1) is 11.5. The van der Waals surface area contributed by atoms with E-state index in [1.54, 1.807) is 0 Å². The summed E-state index contributed by atoms with van der Waals surface area (Å²) in [7, 11) is 0. The van der Waals surface area contributed by atoms with E-state index in [-0.39, 0.29) is 11.3 Å². The zero-order valence-corrected chi connectivity index (χ0v) is 9.68. The van der Waals surface area contributed by atoms with Crippen LogP contribution in [0.15, 0.2) is 0 Å². The highest BCUT2D eigenvalue weighted by atomic mass is 16.2. The summed E-state index contributed by atoms with van der Waals surface area (Å²) in [5, 5.41) is 6.45. The van der Waals surface area contributed by atoms with Crippen LogP contribution in [0.3, 0.4) is 0 Å². The van der Waals surface area contributed by atoms with Gasteiger partial charge in [0.05, 0.1) is 0 Å². The third-order valence-corrected chi connectivity index (χ3v) is 2.78. The molecular weight excluding hydrogens is 176 g/mol. The fourth-order valence-electron chi connectivity index (χ4n) is 1.61. The van der Waals surface area contributed by atoms with Gasteiger partial charge in [-0.2, -0.15) is 0 Å². The highest BCUT2D eigenvalue weighted by Crippen LogP contribution is 2.16. The number of hydrogen-bond donors (Lipinski definition) is 2. The molecule has 14 heavy (non-hydrogen) atoms. The Morgan fingerprint density at radius 3 is 2.57 bits per heavy atom. The second-order valence-corrected chi connectivity index (χ2v) is 5.30. The Morgan fingerprint density at radius 2 is 2.07 bits per heavy atom. The molecule has 1 aliphatic rings. The normalized spacial score (nSPS) is 28.6. The van der Waals surface area contributed by atoms with Gasteiger partial charge in [0.1, 0.15) is 0 Å². The molecule has 1 amide bonds. The lowest BCUT2D eigenvalue weighted by Gasteiger charge is -2.32. The molecule has 0 bridgehead atoms. The van der Waals surface area contributed by atoms with Crippen LogP contribution in [0.2, 0.25) is 0 Å². The van der Waals surface area contributed by atoms with Gasteiger partial charge in [0.25, 0.3) is 0 Å². The number of piperidine rings is 1. The average molecular weight is 198 g/mol. The van der Waals surface area contributed by atoms with Gasteiger partial charge >= 0.3 is 0 Å². The van der Waals surface area contributed by atoms with Gasteiger partial charge < -0.3 is 10.6 Å². The molecule has 0 radical (unpaired) electrons. The molecule has 2 atom stereocenters. The van der Waals surface area contributed by atoms with Crippen molar-refractivity contribution in [1.29, 1.82) is 0 Å². The van der Waals surface area contributed by atoms with Gasteiger partial charge in [-0.05, 0) is 25.4 Å². The molecule has 0 spiro atoms. The lowest BCUT2D eigenvalue weighted by Crippen LogP contribution is -2.50. The van der Waals surface area contributed by atoms with Crippen LogP contribution in [0.25, 0.3) is 0 Å². The SMILES string of the molecule is CC1CNCCC1NC(=O)C(C)(C)C. The Labute approximate surface area is 86.6 Å². The number of carbonyl (C=O) groups is 1. The number of nitrogens with one attached hydrogen (secondary N) is 2. The van der Waals surface area contributed by atoms with Gasteiger partial charge in [0.2, 0.25) is 5.91 Å². The Hall–Kier alpha value is -0.570. The van der Waals surface area contributed by atoms with Crippen LogP contribution in [-0.2, 0) is 4.79 Å². The van der Waals surface area contributed by atoms with Gasteiger partial charge in [-0.1, -0.05) is 27.7 Å². The van der Waals surface area contributed by atoms with Gasteiger partial charge in [-0.15, -0.1) is 0 Å².